The molecule has 0 nitrogen and oxygen atoms in total. The first-order chi connectivity index (χ1) is 9.21. The zero-order valence-corrected chi connectivity index (χ0v) is 12.9. The van der Waals surface area contributed by atoms with E-state index in [4.69, 9.17) is 0 Å². The standard InChI is InChI=1S/C17H20BrF/c1-3-5-16(10-8-14(2)13-19)17-7-4-6-15(12-18)9-11-17/h4-5,7-11H,2-3,6,12-13H2,1H3/b10-8-,16-5+. The first-order valence-electron chi connectivity index (χ1n) is 6.45. The highest BCUT2D eigenvalue weighted by molar-refractivity contribution is 9.09. The SMILES string of the molecule is C=C(/C=C\C(=C/CC)C1=CC=C(CBr)CC=C1)CF. The summed E-state index contributed by atoms with van der Waals surface area (Å²) in [6.45, 7) is 5.24. The van der Waals surface area contributed by atoms with Crippen LogP contribution in [0.25, 0.3) is 0 Å². The molecule has 1 rings (SSSR count). The fourth-order valence-electron chi connectivity index (χ4n) is 1.71. The number of alkyl halides is 2. The van der Waals surface area contributed by atoms with E-state index in [-0.39, 0.29) is 0 Å². The minimum absolute atomic E-state index is 0.497. The predicted molar refractivity (Wildman–Crippen MR) is 86.3 cm³/mol. The first kappa shape index (κ1) is 15.9. The van der Waals surface area contributed by atoms with Crippen LogP contribution in [0, 0.1) is 0 Å². The zero-order chi connectivity index (χ0) is 14.1. The molecule has 0 aromatic carbocycles. The van der Waals surface area contributed by atoms with Gasteiger partial charge in [0, 0.05) is 5.33 Å². The van der Waals surface area contributed by atoms with Crippen LogP contribution in [0.1, 0.15) is 19.8 Å². The third-order valence-corrected chi connectivity index (χ3v) is 3.50. The van der Waals surface area contributed by atoms with Crippen molar-refractivity contribution in [2.75, 3.05) is 12.0 Å². The molecule has 0 aliphatic heterocycles. The molecule has 0 spiro atoms. The normalized spacial score (nSPS) is 16.3. The van der Waals surface area contributed by atoms with Crippen molar-refractivity contribution in [3.05, 3.63) is 71.4 Å². The van der Waals surface area contributed by atoms with Crippen LogP contribution in [0.15, 0.2) is 71.4 Å². The van der Waals surface area contributed by atoms with Crippen LogP contribution in [0.2, 0.25) is 0 Å². The van der Waals surface area contributed by atoms with E-state index < -0.39 is 6.67 Å². The summed E-state index contributed by atoms with van der Waals surface area (Å²) < 4.78 is 12.4. The Labute approximate surface area is 123 Å². The Hall–Kier alpha value is -1.15. The van der Waals surface area contributed by atoms with E-state index in [0.717, 1.165) is 29.3 Å². The number of rotatable bonds is 6. The average Bonchev–Trinajstić information content (AvgIpc) is 2.68. The van der Waals surface area contributed by atoms with Gasteiger partial charge in [0.05, 0.1) is 0 Å². The van der Waals surface area contributed by atoms with Crippen molar-refractivity contribution in [1.82, 2.24) is 0 Å². The van der Waals surface area contributed by atoms with Crippen LogP contribution in [-0.2, 0) is 0 Å². The number of halogens is 2. The van der Waals surface area contributed by atoms with Crippen LogP contribution in [0.4, 0.5) is 4.39 Å². The predicted octanol–water partition coefficient (Wildman–Crippen LogP) is 5.61. The summed E-state index contributed by atoms with van der Waals surface area (Å²) in [6, 6.07) is 0. The molecule has 0 N–H and O–H groups in total. The molecule has 0 fully saturated rings. The maximum absolute atomic E-state index is 12.4. The van der Waals surface area contributed by atoms with E-state index in [1.54, 1.807) is 6.08 Å². The summed E-state index contributed by atoms with van der Waals surface area (Å²) >= 11 is 3.48. The van der Waals surface area contributed by atoms with Gasteiger partial charge in [0.1, 0.15) is 6.67 Å². The Kier molecular flexibility index (Phi) is 7.42. The maximum atomic E-state index is 12.4. The van der Waals surface area contributed by atoms with E-state index in [9.17, 15) is 4.39 Å². The lowest BCUT2D eigenvalue weighted by molar-refractivity contribution is 0.550. The topological polar surface area (TPSA) is 0 Å². The monoisotopic (exact) mass is 322 g/mol. The lowest BCUT2D eigenvalue weighted by atomic mass is 10.0. The molecule has 1 aliphatic rings. The van der Waals surface area contributed by atoms with Crippen molar-refractivity contribution in [3.63, 3.8) is 0 Å². The molecule has 0 saturated heterocycles. The second-order valence-electron chi connectivity index (χ2n) is 4.38. The smallest absolute Gasteiger partial charge is 0.114 e. The highest BCUT2D eigenvalue weighted by Gasteiger charge is 2.02. The van der Waals surface area contributed by atoms with Gasteiger partial charge in [0.2, 0.25) is 0 Å². The Morgan fingerprint density at radius 3 is 2.84 bits per heavy atom. The van der Waals surface area contributed by atoms with Gasteiger partial charge in [0.25, 0.3) is 0 Å². The third kappa shape index (κ3) is 5.56. The highest BCUT2D eigenvalue weighted by atomic mass is 79.9. The van der Waals surface area contributed by atoms with Crippen LogP contribution in [-0.4, -0.2) is 12.0 Å². The van der Waals surface area contributed by atoms with E-state index in [0.29, 0.717) is 5.57 Å². The summed E-state index contributed by atoms with van der Waals surface area (Å²) in [6.07, 6.45) is 16.3. The van der Waals surface area contributed by atoms with Crippen LogP contribution in [0.5, 0.6) is 0 Å². The number of hydrogen-bond donors (Lipinski definition) is 0. The van der Waals surface area contributed by atoms with Crippen molar-refractivity contribution < 1.29 is 4.39 Å². The van der Waals surface area contributed by atoms with Crippen molar-refractivity contribution >= 4 is 15.9 Å². The molecule has 0 heterocycles. The van der Waals surface area contributed by atoms with Gasteiger partial charge in [-0.3, -0.25) is 0 Å². The summed E-state index contributed by atoms with van der Waals surface area (Å²) in [5, 5.41) is 0.891. The summed E-state index contributed by atoms with van der Waals surface area (Å²) in [5.41, 5.74) is 4.11. The van der Waals surface area contributed by atoms with Gasteiger partial charge in [0.15, 0.2) is 0 Å². The minimum Gasteiger partial charge on any atom is -0.246 e. The molecular formula is C17H20BrF. The molecule has 19 heavy (non-hydrogen) atoms. The lowest BCUT2D eigenvalue weighted by Gasteiger charge is -2.03. The van der Waals surface area contributed by atoms with Gasteiger partial charge in [-0.1, -0.05) is 77.5 Å². The summed E-state index contributed by atoms with van der Waals surface area (Å²) in [7, 11) is 0. The van der Waals surface area contributed by atoms with Crippen molar-refractivity contribution in [2.45, 2.75) is 19.8 Å². The molecule has 0 atom stereocenters. The van der Waals surface area contributed by atoms with Gasteiger partial charge in [-0.25, -0.2) is 4.39 Å². The molecule has 0 aromatic heterocycles. The van der Waals surface area contributed by atoms with Crippen molar-refractivity contribution in [2.24, 2.45) is 0 Å². The third-order valence-electron chi connectivity index (χ3n) is 2.78. The summed E-state index contributed by atoms with van der Waals surface area (Å²) in [5.74, 6) is 0. The van der Waals surface area contributed by atoms with E-state index in [1.165, 1.54) is 5.57 Å². The average molecular weight is 323 g/mol. The fourth-order valence-corrected chi connectivity index (χ4v) is 2.13. The first-order valence-corrected chi connectivity index (χ1v) is 7.58. The number of hydrogen-bond acceptors (Lipinski definition) is 0. The Morgan fingerprint density at radius 2 is 2.21 bits per heavy atom. The second kappa shape index (κ2) is 8.87. The largest absolute Gasteiger partial charge is 0.246 e. The molecule has 2 heteroatoms. The molecule has 0 radical (unpaired) electrons. The Bertz CT molecular complexity index is 462. The fraction of sp³-hybridized carbons (Fsp3) is 0.294. The van der Waals surface area contributed by atoms with Gasteiger partial charge in [-0.15, -0.1) is 0 Å². The highest BCUT2D eigenvalue weighted by Crippen LogP contribution is 2.20. The molecule has 0 bridgehead atoms. The quantitative estimate of drug-likeness (QED) is 0.440. The van der Waals surface area contributed by atoms with E-state index in [1.807, 2.05) is 6.08 Å². The lowest BCUT2D eigenvalue weighted by Crippen LogP contribution is -1.85. The van der Waals surface area contributed by atoms with Crippen LogP contribution < -0.4 is 0 Å². The maximum Gasteiger partial charge on any atom is 0.114 e. The Morgan fingerprint density at radius 1 is 1.42 bits per heavy atom. The van der Waals surface area contributed by atoms with Gasteiger partial charge >= 0.3 is 0 Å². The van der Waals surface area contributed by atoms with Gasteiger partial charge in [-0.2, -0.15) is 0 Å². The summed E-state index contributed by atoms with van der Waals surface area (Å²) in [4.78, 5) is 0. The molecule has 0 amide bonds. The molecule has 1 aliphatic carbocycles. The van der Waals surface area contributed by atoms with Crippen molar-refractivity contribution in [3.8, 4) is 0 Å². The van der Waals surface area contributed by atoms with Crippen LogP contribution >= 0.6 is 15.9 Å². The molecule has 0 unspecified atom stereocenters. The van der Waals surface area contributed by atoms with E-state index in [2.05, 4.69) is 59.8 Å². The second-order valence-corrected chi connectivity index (χ2v) is 4.94. The van der Waals surface area contributed by atoms with Crippen LogP contribution in [0.3, 0.4) is 0 Å². The minimum atomic E-state index is -0.502. The zero-order valence-electron chi connectivity index (χ0n) is 11.3. The van der Waals surface area contributed by atoms with Gasteiger partial charge < -0.3 is 0 Å². The molecule has 102 valence electrons. The van der Waals surface area contributed by atoms with E-state index >= 15 is 0 Å². The van der Waals surface area contributed by atoms with Crippen molar-refractivity contribution in [1.29, 1.82) is 0 Å². The number of allylic oxidation sites excluding steroid dienone is 11. The molecule has 0 aromatic rings. The molecular weight excluding hydrogens is 303 g/mol. The Balaban J connectivity index is 2.97. The molecule has 0 saturated carbocycles. The van der Waals surface area contributed by atoms with Gasteiger partial charge in [-0.05, 0) is 29.6 Å².